The largest absolute Gasteiger partial charge is 0.454 e. The Kier molecular flexibility index (Phi) is 5.10. The highest BCUT2D eigenvalue weighted by Gasteiger charge is 2.23. The molecule has 1 rings (SSSR count). The average molecular weight is 263 g/mol. The maximum Gasteiger partial charge on any atom is 0.360 e. The second-order valence-electron chi connectivity index (χ2n) is 3.15. The Morgan fingerprint density at radius 3 is 2.75 bits per heavy atom. The Bertz CT molecular complexity index is 358. The van der Waals surface area contributed by atoms with E-state index in [9.17, 15) is 9.90 Å². The quantitative estimate of drug-likeness (QED) is 0.496. The first-order chi connectivity index (χ1) is 7.58. The van der Waals surface area contributed by atoms with Crippen LogP contribution in [0.3, 0.4) is 0 Å². The molecule has 0 saturated carbocycles. The summed E-state index contributed by atoms with van der Waals surface area (Å²) >= 11 is 7.90. The Labute approximate surface area is 104 Å². The fourth-order valence-electron chi connectivity index (χ4n) is 0.994. The van der Waals surface area contributed by atoms with Crippen molar-refractivity contribution in [3.8, 4) is 0 Å². The van der Waals surface area contributed by atoms with Crippen LogP contribution in [-0.4, -0.2) is 49.8 Å². The number of thiol groups is 2. The lowest BCUT2D eigenvalue weighted by Crippen LogP contribution is -2.34. The maximum absolute atomic E-state index is 11.5. The number of nitrogens with zero attached hydrogens (tertiary/aromatic N) is 3. The topological polar surface area (TPSA) is 77.2 Å². The summed E-state index contributed by atoms with van der Waals surface area (Å²) in [5.74, 6) is -0.222. The van der Waals surface area contributed by atoms with E-state index in [0.29, 0.717) is 0 Å². The van der Waals surface area contributed by atoms with Gasteiger partial charge in [-0.1, -0.05) is 5.21 Å². The van der Waals surface area contributed by atoms with Crippen LogP contribution in [0.25, 0.3) is 0 Å². The van der Waals surface area contributed by atoms with Gasteiger partial charge in [0.25, 0.3) is 0 Å². The predicted molar refractivity (Wildman–Crippen MR) is 63.9 cm³/mol. The number of esters is 1. The van der Waals surface area contributed by atoms with Gasteiger partial charge in [-0.25, -0.2) is 4.79 Å². The fraction of sp³-hybridized carbons (Fsp3) is 0.625. The molecule has 0 aliphatic rings. The van der Waals surface area contributed by atoms with Crippen molar-refractivity contribution < 1.29 is 14.6 Å². The zero-order chi connectivity index (χ0) is 12.1. The summed E-state index contributed by atoms with van der Waals surface area (Å²) in [4.78, 5) is 11.5. The van der Waals surface area contributed by atoms with Gasteiger partial charge in [0.2, 0.25) is 0 Å². The van der Waals surface area contributed by atoms with Crippen LogP contribution < -0.4 is 0 Å². The van der Waals surface area contributed by atoms with Crippen molar-refractivity contribution >= 4 is 31.2 Å². The first-order valence-electron chi connectivity index (χ1n) is 4.55. The van der Waals surface area contributed by atoms with Gasteiger partial charge >= 0.3 is 5.97 Å². The number of aromatic nitrogens is 3. The molecule has 0 spiro atoms. The lowest BCUT2D eigenvalue weighted by molar-refractivity contribution is -0.00176. The molecule has 1 N–H and O–H groups in total. The zero-order valence-electron chi connectivity index (χ0n) is 8.65. The monoisotopic (exact) mass is 263 g/mol. The molecule has 0 aromatic carbocycles. The van der Waals surface area contributed by atoms with Gasteiger partial charge in [0.15, 0.2) is 5.69 Å². The Morgan fingerprint density at radius 1 is 1.62 bits per heavy atom. The minimum Gasteiger partial charge on any atom is -0.454 e. The molecule has 2 atom stereocenters. The summed E-state index contributed by atoms with van der Waals surface area (Å²) in [5.41, 5.74) is 0.0978. The zero-order valence-corrected chi connectivity index (χ0v) is 10.4. The molecule has 0 fully saturated rings. The molecule has 0 saturated heterocycles. The molecule has 0 amide bonds. The molecule has 0 radical (unpaired) electrons. The molecule has 1 heterocycles. The van der Waals surface area contributed by atoms with Gasteiger partial charge in [-0.05, 0) is 0 Å². The minimum absolute atomic E-state index is 0.0978. The second-order valence-corrected chi connectivity index (χ2v) is 3.88. The van der Waals surface area contributed by atoms with Gasteiger partial charge in [-0.15, -0.1) is 5.10 Å². The molecular formula is C8H13N3O3S2. The molecule has 6 nitrogen and oxygen atoms in total. The number of carbonyl (C=O) groups is 1. The summed E-state index contributed by atoms with van der Waals surface area (Å²) in [6.45, 7) is 0. The molecular weight excluding hydrogens is 250 g/mol. The van der Waals surface area contributed by atoms with Crippen LogP contribution in [0.1, 0.15) is 10.5 Å². The van der Waals surface area contributed by atoms with Gasteiger partial charge in [-0.3, -0.25) is 4.68 Å². The first kappa shape index (κ1) is 13.3. The molecule has 0 aliphatic carbocycles. The van der Waals surface area contributed by atoms with E-state index in [4.69, 9.17) is 4.74 Å². The third-order valence-corrected chi connectivity index (χ3v) is 2.60. The summed E-state index contributed by atoms with van der Waals surface area (Å²) < 4.78 is 6.41. The third kappa shape index (κ3) is 3.39. The highest BCUT2D eigenvalue weighted by molar-refractivity contribution is 7.80. The van der Waals surface area contributed by atoms with Crippen LogP contribution in [-0.2, 0) is 11.8 Å². The first-order valence-corrected chi connectivity index (χ1v) is 5.82. The number of aliphatic hydroxyl groups is 1. The number of hydrogen-bond donors (Lipinski definition) is 3. The van der Waals surface area contributed by atoms with Gasteiger partial charge in [0.1, 0.15) is 12.2 Å². The lowest BCUT2D eigenvalue weighted by Gasteiger charge is -2.19. The summed E-state index contributed by atoms with van der Waals surface area (Å²) in [5, 5.41) is 16.7. The molecule has 0 aliphatic heterocycles. The third-order valence-electron chi connectivity index (χ3n) is 1.87. The highest BCUT2D eigenvalue weighted by Crippen LogP contribution is 2.07. The smallest absolute Gasteiger partial charge is 0.360 e. The predicted octanol–water partition coefficient (Wildman–Crippen LogP) is -0.439. The second kappa shape index (κ2) is 6.12. The number of hydrogen-bond acceptors (Lipinski definition) is 7. The van der Waals surface area contributed by atoms with E-state index in [1.807, 2.05) is 0 Å². The van der Waals surface area contributed by atoms with E-state index < -0.39 is 18.2 Å². The summed E-state index contributed by atoms with van der Waals surface area (Å²) in [6.07, 6.45) is -0.109. The van der Waals surface area contributed by atoms with Crippen LogP contribution in [0.5, 0.6) is 0 Å². The van der Waals surface area contributed by atoms with E-state index >= 15 is 0 Å². The van der Waals surface area contributed by atoms with E-state index in [2.05, 4.69) is 35.6 Å². The SMILES string of the molecule is Cn1cc(C(=O)OC(CS)C(O)CS)nn1. The van der Waals surface area contributed by atoms with E-state index in [1.165, 1.54) is 10.9 Å². The standard InChI is InChI=1S/C8H13N3O3S2/c1-11-2-5(9-10-11)8(13)14-7(4-16)6(12)3-15/h2,6-7,12,15-16H,3-4H2,1H3. The summed E-state index contributed by atoms with van der Waals surface area (Å²) in [6, 6.07) is 0. The fourth-order valence-corrected chi connectivity index (χ4v) is 1.55. The van der Waals surface area contributed by atoms with Crippen LogP contribution in [0, 0.1) is 0 Å². The number of aryl methyl sites for hydroxylation is 1. The van der Waals surface area contributed by atoms with E-state index in [0.717, 1.165) is 0 Å². The molecule has 90 valence electrons. The lowest BCUT2D eigenvalue weighted by atomic mass is 10.2. The van der Waals surface area contributed by atoms with Crippen molar-refractivity contribution in [2.75, 3.05) is 11.5 Å². The van der Waals surface area contributed by atoms with E-state index in [-0.39, 0.29) is 17.2 Å². The Hall–Kier alpha value is -0.730. The van der Waals surface area contributed by atoms with Crippen LogP contribution >= 0.6 is 25.3 Å². The molecule has 1 aromatic heterocycles. The van der Waals surface area contributed by atoms with Crippen molar-refractivity contribution in [2.24, 2.45) is 7.05 Å². The Morgan fingerprint density at radius 2 is 2.31 bits per heavy atom. The number of ether oxygens (including phenoxy) is 1. The van der Waals surface area contributed by atoms with E-state index in [1.54, 1.807) is 7.05 Å². The van der Waals surface area contributed by atoms with Crippen LogP contribution in [0.4, 0.5) is 0 Å². The molecule has 1 aromatic rings. The Balaban J connectivity index is 2.62. The maximum atomic E-state index is 11.5. The molecule has 2 unspecified atom stereocenters. The normalized spacial score (nSPS) is 14.5. The van der Waals surface area contributed by atoms with Crippen molar-refractivity contribution in [2.45, 2.75) is 12.2 Å². The van der Waals surface area contributed by atoms with Crippen LogP contribution in [0.2, 0.25) is 0 Å². The van der Waals surface area contributed by atoms with Crippen molar-refractivity contribution in [3.63, 3.8) is 0 Å². The van der Waals surface area contributed by atoms with Gasteiger partial charge in [0.05, 0.1) is 6.20 Å². The number of aliphatic hydroxyl groups excluding tert-OH is 1. The van der Waals surface area contributed by atoms with Crippen molar-refractivity contribution in [1.82, 2.24) is 15.0 Å². The average Bonchev–Trinajstić information content (AvgIpc) is 2.71. The van der Waals surface area contributed by atoms with Gasteiger partial charge in [0, 0.05) is 18.6 Å². The minimum atomic E-state index is -0.846. The number of rotatable bonds is 5. The molecule has 0 bridgehead atoms. The van der Waals surface area contributed by atoms with Crippen LogP contribution in [0.15, 0.2) is 6.20 Å². The van der Waals surface area contributed by atoms with Gasteiger partial charge in [-0.2, -0.15) is 25.3 Å². The summed E-state index contributed by atoms with van der Waals surface area (Å²) in [7, 11) is 1.64. The number of carbonyl (C=O) groups excluding carboxylic acids is 1. The highest BCUT2D eigenvalue weighted by atomic mass is 32.1. The van der Waals surface area contributed by atoms with Gasteiger partial charge < -0.3 is 9.84 Å². The van der Waals surface area contributed by atoms with Crippen molar-refractivity contribution in [3.05, 3.63) is 11.9 Å². The molecule has 8 heteroatoms. The molecule has 16 heavy (non-hydrogen) atoms. The van der Waals surface area contributed by atoms with Crippen molar-refractivity contribution in [1.29, 1.82) is 0 Å².